The first-order valence-corrected chi connectivity index (χ1v) is 8.27. The van der Waals surface area contributed by atoms with Gasteiger partial charge in [-0.15, -0.1) is 11.3 Å². The van der Waals surface area contributed by atoms with E-state index in [9.17, 15) is 0 Å². The van der Waals surface area contributed by atoms with Gasteiger partial charge in [-0.1, -0.05) is 41.9 Å². The lowest BCUT2D eigenvalue weighted by molar-refractivity contribution is 0.634. The van der Waals surface area contributed by atoms with Gasteiger partial charge in [0, 0.05) is 37.0 Å². The van der Waals surface area contributed by atoms with Gasteiger partial charge in [-0.3, -0.25) is 0 Å². The van der Waals surface area contributed by atoms with Crippen LogP contribution in [-0.2, 0) is 13.0 Å². The molecule has 0 unspecified atom stereocenters. The van der Waals surface area contributed by atoms with Crippen molar-refractivity contribution in [1.82, 2.24) is 9.88 Å². The average molecular weight is 315 g/mol. The van der Waals surface area contributed by atoms with E-state index in [1.165, 1.54) is 27.0 Å². The third kappa shape index (κ3) is 2.31. The molecule has 21 heavy (non-hydrogen) atoms. The molecule has 0 saturated carbocycles. The normalized spacial score (nSPS) is 14.9. The van der Waals surface area contributed by atoms with Gasteiger partial charge in [-0.05, 0) is 17.7 Å². The van der Waals surface area contributed by atoms with Gasteiger partial charge in [0.05, 0.1) is 14.6 Å². The quantitative estimate of drug-likeness (QED) is 0.729. The molecule has 1 N–H and O–H groups in total. The van der Waals surface area contributed by atoms with Crippen LogP contribution in [0.5, 0.6) is 0 Å². The molecule has 4 rings (SSSR count). The van der Waals surface area contributed by atoms with Crippen molar-refractivity contribution in [2.24, 2.45) is 0 Å². The van der Waals surface area contributed by atoms with E-state index in [1.54, 1.807) is 11.3 Å². The molecule has 0 aliphatic carbocycles. The molecule has 0 fully saturated rings. The van der Waals surface area contributed by atoms with Gasteiger partial charge >= 0.3 is 0 Å². The second kappa shape index (κ2) is 5.34. The molecular formula is C17H15ClN2S. The summed E-state index contributed by atoms with van der Waals surface area (Å²) in [5.74, 6) is 0. The monoisotopic (exact) mass is 314 g/mol. The second-order valence-corrected chi connectivity index (χ2v) is 6.90. The zero-order valence-corrected chi connectivity index (χ0v) is 13.0. The fourth-order valence-electron chi connectivity index (χ4n) is 2.94. The van der Waals surface area contributed by atoms with Crippen LogP contribution in [0.3, 0.4) is 0 Å². The predicted octanol–water partition coefficient (Wildman–Crippen LogP) is 4.63. The van der Waals surface area contributed by atoms with E-state index in [-0.39, 0.29) is 0 Å². The molecule has 1 aliphatic rings. The first-order chi connectivity index (χ1) is 10.3. The van der Waals surface area contributed by atoms with Gasteiger partial charge in [0.15, 0.2) is 0 Å². The molecular weight excluding hydrogens is 300 g/mol. The molecule has 106 valence electrons. The smallest absolute Gasteiger partial charge is 0.0956 e. The molecule has 0 radical (unpaired) electrons. The Morgan fingerprint density at radius 2 is 2.10 bits per heavy atom. The number of hydrogen-bond donors (Lipinski definition) is 1. The van der Waals surface area contributed by atoms with Crippen LogP contribution in [0.2, 0.25) is 4.34 Å². The Balaban J connectivity index is 1.85. The summed E-state index contributed by atoms with van der Waals surface area (Å²) in [6.07, 6.45) is 5.39. The van der Waals surface area contributed by atoms with Gasteiger partial charge in [0.25, 0.3) is 0 Å². The molecule has 0 spiro atoms. The van der Waals surface area contributed by atoms with E-state index in [0.717, 1.165) is 23.8 Å². The lowest BCUT2D eigenvalue weighted by atomic mass is 10.1. The lowest BCUT2D eigenvalue weighted by Crippen LogP contribution is -2.24. The van der Waals surface area contributed by atoms with Crippen molar-refractivity contribution in [2.75, 3.05) is 6.54 Å². The Kier molecular flexibility index (Phi) is 3.34. The molecule has 3 heterocycles. The second-order valence-electron chi connectivity index (χ2n) is 5.21. The molecule has 1 aromatic carbocycles. The molecule has 2 aromatic heterocycles. The predicted molar refractivity (Wildman–Crippen MR) is 91.9 cm³/mol. The summed E-state index contributed by atoms with van der Waals surface area (Å²) in [6, 6.07) is 12.5. The molecule has 0 amide bonds. The number of nitrogens with zero attached hydrogens (tertiary/aromatic N) is 1. The van der Waals surface area contributed by atoms with E-state index in [0.29, 0.717) is 0 Å². The molecule has 0 atom stereocenters. The van der Waals surface area contributed by atoms with Crippen LogP contribution in [0.15, 0.2) is 36.4 Å². The Labute approximate surface area is 132 Å². The summed E-state index contributed by atoms with van der Waals surface area (Å²) >= 11 is 7.90. The number of halogens is 1. The van der Waals surface area contributed by atoms with Crippen molar-refractivity contribution in [2.45, 2.75) is 13.0 Å². The molecule has 0 bridgehead atoms. The topological polar surface area (TPSA) is 17.0 Å². The summed E-state index contributed by atoms with van der Waals surface area (Å²) in [7, 11) is 0. The summed E-state index contributed by atoms with van der Waals surface area (Å²) in [6.45, 7) is 1.98. The third-order valence-electron chi connectivity index (χ3n) is 3.91. The third-order valence-corrected chi connectivity index (χ3v) is 5.22. The SMILES string of the molecule is Clc1cc2c(s1)c1c(n2/C=C\c2ccccc2)CCNC1. The fourth-order valence-corrected chi connectivity index (χ4v) is 4.21. The van der Waals surface area contributed by atoms with E-state index in [4.69, 9.17) is 11.6 Å². The van der Waals surface area contributed by atoms with Crippen LogP contribution < -0.4 is 5.32 Å². The van der Waals surface area contributed by atoms with Crippen LogP contribution in [0.4, 0.5) is 0 Å². The van der Waals surface area contributed by atoms with E-state index in [2.05, 4.69) is 52.5 Å². The van der Waals surface area contributed by atoms with E-state index < -0.39 is 0 Å². The molecule has 0 saturated heterocycles. The highest BCUT2D eigenvalue weighted by Crippen LogP contribution is 2.37. The highest BCUT2D eigenvalue weighted by molar-refractivity contribution is 7.22. The number of benzene rings is 1. The minimum absolute atomic E-state index is 0.857. The van der Waals surface area contributed by atoms with Crippen molar-refractivity contribution in [3.05, 3.63) is 57.6 Å². The Hall–Kier alpha value is -1.55. The van der Waals surface area contributed by atoms with Crippen LogP contribution >= 0.6 is 22.9 Å². The van der Waals surface area contributed by atoms with Crippen molar-refractivity contribution >= 4 is 45.4 Å². The Bertz CT molecular complexity index is 814. The van der Waals surface area contributed by atoms with Gasteiger partial charge in [0.2, 0.25) is 0 Å². The minimum atomic E-state index is 0.857. The Morgan fingerprint density at radius 1 is 1.24 bits per heavy atom. The number of fused-ring (bicyclic) bond motifs is 3. The summed E-state index contributed by atoms with van der Waals surface area (Å²) in [5.41, 5.74) is 5.26. The zero-order valence-electron chi connectivity index (χ0n) is 11.5. The molecule has 3 aromatic rings. The fraction of sp³-hybridized carbons (Fsp3) is 0.176. The maximum Gasteiger partial charge on any atom is 0.0956 e. The molecule has 1 aliphatic heterocycles. The van der Waals surface area contributed by atoms with Crippen molar-refractivity contribution in [3.63, 3.8) is 0 Å². The number of rotatable bonds is 2. The van der Waals surface area contributed by atoms with Gasteiger partial charge in [-0.25, -0.2) is 0 Å². The number of hydrogen-bond acceptors (Lipinski definition) is 2. The molecule has 2 nitrogen and oxygen atoms in total. The van der Waals surface area contributed by atoms with Gasteiger partial charge in [-0.2, -0.15) is 0 Å². The maximum absolute atomic E-state index is 6.22. The van der Waals surface area contributed by atoms with Crippen LogP contribution in [0.1, 0.15) is 16.8 Å². The van der Waals surface area contributed by atoms with Crippen molar-refractivity contribution < 1.29 is 0 Å². The van der Waals surface area contributed by atoms with Crippen LogP contribution in [0.25, 0.3) is 22.5 Å². The average Bonchev–Trinajstić information content (AvgIpc) is 3.02. The maximum atomic E-state index is 6.22. The van der Waals surface area contributed by atoms with Gasteiger partial charge < -0.3 is 9.88 Å². The summed E-state index contributed by atoms with van der Waals surface area (Å²) in [5, 5.41) is 3.46. The molecule has 4 heteroatoms. The van der Waals surface area contributed by atoms with E-state index in [1.807, 2.05) is 6.07 Å². The summed E-state index contributed by atoms with van der Waals surface area (Å²) in [4.78, 5) is 0. The largest absolute Gasteiger partial charge is 0.319 e. The minimum Gasteiger partial charge on any atom is -0.319 e. The number of aromatic nitrogens is 1. The van der Waals surface area contributed by atoms with Crippen molar-refractivity contribution in [1.29, 1.82) is 0 Å². The standard InChI is InChI=1S/C17H15ClN2S/c18-16-10-15-17(21-16)13-11-19-8-6-14(13)20(15)9-7-12-4-2-1-3-5-12/h1-5,7,9-10,19H,6,8,11H2/b9-7-. The van der Waals surface area contributed by atoms with Crippen LogP contribution in [0, 0.1) is 0 Å². The number of thiophene rings is 1. The highest BCUT2D eigenvalue weighted by Gasteiger charge is 2.20. The van der Waals surface area contributed by atoms with E-state index >= 15 is 0 Å². The van der Waals surface area contributed by atoms with Crippen LogP contribution in [-0.4, -0.2) is 11.1 Å². The van der Waals surface area contributed by atoms with Crippen molar-refractivity contribution in [3.8, 4) is 0 Å². The number of nitrogens with one attached hydrogen (secondary N) is 1. The van der Waals surface area contributed by atoms with Gasteiger partial charge in [0.1, 0.15) is 0 Å². The lowest BCUT2D eigenvalue weighted by Gasteiger charge is -2.15. The zero-order chi connectivity index (χ0) is 14.2. The highest BCUT2D eigenvalue weighted by atomic mass is 35.5. The Morgan fingerprint density at radius 3 is 2.95 bits per heavy atom. The first kappa shape index (κ1) is 13.1. The summed E-state index contributed by atoms with van der Waals surface area (Å²) < 4.78 is 4.48. The first-order valence-electron chi connectivity index (χ1n) is 7.08.